The summed E-state index contributed by atoms with van der Waals surface area (Å²) in [5.74, 6) is -0.240. The number of rotatable bonds is 0. The van der Waals surface area contributed by atoms with Crippen LogP contribution in [0.1, 0.15) is 5.56 Å². The number of hydrogen-bond acceptors (Lipinski definition) is 0. The van der Waals surface area contributed by atoms with Gasteiger partial charge in [-0.25, -0.2) is 4.39 Å². The lowest BCUT2D eigenvalue weighted by Crippen LogP contribution is -1.83. The van der Waals surface area contributed by atoms with E-state index in [1.165, 1.54) is 12.1 Å². The summed E-state index contributed by atoms with van der Waals surface area (Å²) in [6.07, 6.45) is 0. The van der Waals surface area contributed by atoms with Gasteiger partial charge < -0.3 is 0 Å². The molecule has 1 rings (SSSR count). The highest BCUT2D eigenvalue weighted by Crippen LogP contribution is 2.27. The molecule has 0 saturated heterocycles. The molecule has 0 amide bonds. The first-order valence-electron chi connectivity index (χ1n) is 2.73. The van der Waals surface area contributed by atoms with Gasteiger partial charge in [0.2, 0.25) is 0 Å². The fourth-order valence-corrected chi connectivity index (χ4v) is 1.15. The topological polar surface area (TPSA) is 0 Å². The van der Waals surface area contributed by atoms with Crippen LogP contribution in [-0.4, -0.2) is 0 Å². The first kappa shape index (κ1) is 8.02. The summed E-state index contributed by atoms with van der Waals surface area (Å²) in [4.78, 5) is 0. The minimum atomic E-state index is -0.240. The van der Waals surface area contributed by atoms with E-state index in [-0.39, 0.29) is 5.82 Å². The highest BCUT2D eigenvalue weighted by molar-refractivity contribution is 9.10. The summed E-state index contributed by atoms with van der Waals surface area (Å²) in [5, 5.41) is 0.541. The van der Waals surface area contributed by atoms with Crippen molar-refractivity contribution in [3.8, 4) is 0 Å². The standard InChI is InChI=1S/C7H5BrClF/c1-4-6(10)3-2-5(9)7(4)8/h2-3H,1H3. The SMILES string of the molecule is Cc1c(F)ccc(Cl)c1Br. The van der Waals surface area contributed by atoms with Crippen LogP contribution in [-0.2, 0) is 0 Å². The van der Waals surface area contributed by atoms with Gasteiger partial charge in [0.1, 0.15) is 5.82 Å². The van der Waals surface area contributed by atoms with Crippen LogP contribution in [0.4, 0.5) is 4.39 Å². The Hall–Kier alpha value is -0.0800. The minimum Gasteiger partial charge on any atom is -0.207 e. The maximum Gasteiger partial charge on any atom is 0.127 e. The zero-order valence-electron chi connectivity index (χ0n) is 5.29. The van der Waals surface area contributed by atoms with Crippen molar-refractivity contribution in [2.24, 2.45) is 0 Å². The smallest absolute Gasteiger partial charge is 0.127 e. The van der Waals surface area contributed by atoms with Crippen LogP contribution in [0.2, 0.25) is 5.02 Å². The first-order valence-corrected chi connectivity index (χ1v) is 3.90. The second-order valence-electron chi connectivity index (χ2n) is 1.97. The van der Waals surface area contributed by atoms with Gasteiger partial charge in [0.15, 0.2) is 0 Å². The Morgan fingerprint density at radius 2 is 2.10 bits per heavy atom. The van der Waals surface area contributed by atoms with Gasteiger partial charge in [0.25, 0.3) is 0 Å². The summed E-state index contributed by atoms with van der Waals surface area (Å²) in [6.45, 7) is 1.67. The molecule has 3 heteroatoms. The van der Waals surface area contributed by atoms with E-state index >= 15 is 0 Å². The molecule has 0 nitrogen and oxygen atoms in total. The van der Waals surface area contributed by atoms with E-state index in [4.69, 9.17) is 11.6 Å². The predicted octanol–water partition coefficient (Wildman–Crippen LogP) is 3.55. The monoisotopic (exact) mass is 222 g/mol. The Labute approximate surface area is 72.1 Å². The van der Waals surface area contributed by atoms with Gasteiger partial charge in [-0.15, -0.1) is 0 Å². The molecule has 0 aliphatic rings. The molecule has 0 heterocycles. The molecule has 0 aliphatic carbocycles. The Morgan fingerprint density at radius 1 is 1.50 bits per heavy atom. The fourth-order valence-electron chi connectivity index (χ4n) is 0.628. The third-order valence-electron chi connectivity index (χ3n) is 1.27. The van der Waals surface area contributed by atoms with Crippen molar-refractivity contribution in [2.45, 2.75) is 6.92 Å². The Morgan fingerprint density at radius 3 is 2.60 bits per heavy atom. The molecule has 0 aliphatic heterocycles. The molecule has 0 spiro atoms. The molecule has 0 fully saturated rings. The van der Waals surface area contributed by atoms with Crippen molar-refractivity contribution in [2.75, 3.05) is 0 Å². The van der Waals surface area contributed by atoms with Crippen LogP contribution in [0, 0.1) is 12.7 Å². The van der Waals surface area contributed by atoms with E-state index in [2.05, 4.69) is 15.9 Å². The van der Waals surface area contributed by atoms with E-state index in [0.29, 0.717) is 15.1 Å². The van der Waals surface area contributed by atoms with Crippen molar-refractivity contribution in [3.63, 3.8) is 0 Å². The van der Waals surface area contributed by atoms with Crippen molar-refractivity contribution in [1.82, 2.24) is 0 Å². The van der Waals surface area contributed by atoms with Crippen molar-refractivity contribution in [1.29, 1.82) is 0 Å². The molecule has 0 bridgehead atoms. The van der Waals surface area contributed by atoms with Gasteiger partial charge in [-0.3, -0.25) is 0 Å². The van der Waals surface area contributed by atoms with E-state index in [9.17, 15) is 4.39 Å². The Balaban J connectivity index is 3.34. The van der Waals surface area contributed by atoms with Crippen molar-refractivity contribution in [3.05, 3.63) is 33.0 Å². The second kappa shape index (κ2) is 2.89. The largest absolute Gasteiger partial charge is 0.207 e. The van der Waals surface area contributed by atoms with Crippen LogP contribution < -0.4 is 0 Å². The predicted molar refractivity (Wildman–Crippen MR) is 43.8 cm³/mol. The van der Waals surface area contributed by atoms with Crippen molar-refractivity contribution < 1.29 is 4.39 Å². The van der Waals surface area contributed by atoms with Gasteiger partial charge in [0, 0.05) is 10.0 Å². The molecule has 1 aromatic rings. The van der Waals surface area contributed by atoms with Crippen LogP contribution >= 0.6 is 27.5 Å². The lowest BCUT2D eigenvalue weighted by Gasteiger charge is -2.00. The summed E-state index contributed by atoms with van der Waals surface area (Å²) in [6, 6.07) is 2.87. The van der Waals surface area contributed by atoms with Crippen molar-refractivity contribution >= 4 is 27.5 Å². The maximum absolute atomic E-state index is 12.7. The number of benzene rings is 1. The molecule has 0 aromatic heterocycles. The fraction of sp³-hybridized carbons (Fsp3) is 0.143. The molecule has 0 saturated carbocycles. The highest BCUT2D eigenvalue weighted by Gasteiger charge is 2.03. The minimum absolute atomic E-state index is 0.240. The summed E-state index contributed by atoms with van der Waals surface area (Å²) < 4.78 is 13.3. The van der Waals surface area contributed by atoms with Gasteiger partial charge in [0.05, 0.1) is 5.02 Å². The molecular weight excluding hydrogens is 218 g/mol. The summed E-state index contributed by atoms with van der Waals surface area (Å²) >= 11 is 8.83. The molecule has 10 heavy (non-hydrogen) atoms. The van der Waals surface area contributed by atoms with E-state index < -0.39 is 0 Å². The van der Waals surface area contributed by atoms with Gasteiger partial charge in [-0.05, 0) is 35.0 Å². The van der Waals surface area contributed by atoms with Crippen LogP contribution in [0.3, 0.4) is 0 Å². The van der Waals surface area contributed by atoms with E-state index in [0.717, 1.165) is 0 Å². The lowest BCUT2D eigenvalue weighted by atomic mass is 10.2. The number of hydrogen-bond donors (Lipinski definition) is 0. The molecule has 1 aromatic carbocycles. The lowest BCUT2D eigenvalue weighted by molar-refractivity contribution is 0.617. The quantitative estimate of drug-likeness (QED) is 0.590. The Kier molecular flexibility index (Phi) is 2.32. The van der Waals surface area contributed by atoms with E-state index in [1.54, 1.807) is 6.92 Å². The third-order valence-corrected chi connectivity index (χ3v) is 2.84. The molecular formula is C7H5BrClF. The zero-order chi connectivity index (χ0) is 7.72. The zero-order valence-corrected chi connectivity index (χ0v) is 7.63. The molecule has 0 unspecified atom stereocenters. The van der Waals surface area contributed by atoms with Gasteiger partial charge in [-0.1, -0.05) is 11.6 Å². The normalized spacial score (nSPS) is 10.0. The second-order valence-corrected chi connectivity index (χ2v) is 3.17. The highest BCUT2D eigenvalue weighted by atomic mass is 79.9. The summed E-state index contributed by atoms with van der Waals surface area (Å²) in [5.41, 5.74) is 0.549. The van der Waals surface area contributed by atoms with Gasteiger partial charge in [-0.2, -0.15) is 0 Å². The molecule has 0 radical (unpaired) electrons. The molecule has 54 valence electrons. The maximum atomic E-state index is 12.7. The Bertz CT molecular complexity index is 233. The molecule has 0 atom stereocenters. The summed E-state index contributed by atoms with van der Waals surface area (Å²) in [7, 11) is 0. The van der Waals surface area contributed by atoms with Crippen LogP contribution in [0.5, 0.6) is 0 Å². The van der Waals surface area contributed by atoms with E-state index in [1.807, 2.05) is 0 Å². The average Bonchev–Trinajstić information content (AvgIpc) is 1.93. The number of halogens is 3. The molecule has 0 N–H and O–H groups in total. The average molecular weight is 223 g/mol. The third kappa shape index (κ3) is 1.32. The van der Waals surface area contributed by atoms with Crippen LogP contribution in [0.25, 0.3) is 0 Å². The van der Waals surface area contributed by atoms with Crippen LogP contribution in [0.15, 0.2) is 16.6 Å². The van der Waals surface area contributed by atoms with Gasteiger partial charge >= 0.3 is 0 Å². The first-order chi connectivity index (χ1) is 4.63.